The summed E-state index contributed by atoms with van der Waals surface area (Å²) < 4.78 is 0. The molecule has 0 aromatic heterocycles. The Bertz CT molecular complexity index is 545. The van der Waals surface area contributed by atoms with Crippen molar-refractivity contribution in [2.45, 2.75) is 25.8 Å². The zero-order valence-electron chi connectivity index (χ0n) is 12.1. The van der Waals surface area contributed by atoms with Gasteiger partial charge in [0.15, 0.2) is 0 Å². The molecule has 0 spiro atoms. The minimum absolute atomic E-state index is 0.105. The average Bonchev–Trinajstić information content (AvgIpc) is 3.26. The fraction of sp³-hybridized carbons (Fsp3) is 0.467. The molecule has 2 rings (SSSR count). The molecule has 1 aromatic carbocycles. The number of carbonyl (C=O) groups is 2. The molecule has 0 bridgehead atoms. The predicted octanol–water partition coefficient (Wildman–Crippen LogP) is 3.08. The maximum Gasteiger partial charge on any atom is 0.325 e. The van der Waals surface area contributed by atoms with E-state index in [1.54, 1.807) is 36.2 Å². The van der Waals surface area contributed by atoms with Crippen LogP contribution in [-0.4, -0.2) is 41.6 Å². The van der Waals surface area contributed by atoms with E-state index in [0.29, 0.717) is 16.6 Å². The molecule has 21 heavy (non-hydrogen) atoms. The molecule has 1 aliphatic carbocycles. The van der Waals surface area contributed by atoms with Crippen LogP contribution in [0.4, 0.5) is 10.5 Å². The van der Waals surface area contributed by atoms with Gasteiger partial charge in [0.1, 0.15) is 6.54 Å². The lowest BCUT2D eigenvalue weighted by Gasteiger charge is -2.31. The zero-order valence-corrected chi connectivity index (χ0v) is 12.9. The summed E-state index contributed by atoms with van der Waals surface area (Å²) in [5.74, 6) is -0.541. The highest BCUT2D eigenvalue weighted by molar-refractivity contribution is 6.30. The number of nitrogens with zero attached hydrogens (tertiary/aromatic N) is 2. The molecule has 1 unspecified atom stereocenters. The van der Waals surface area contributed by atoms with E-state index in [4.69, 9.17) is 16.7 Å². The number of urea groups is 1. The number of aliphatic carboxylic acids is 1. The Morgan fingerprint density at radius 1 is 1.43 bits per heavy atom. The number of benzene rings is 1. The molecule has 0 radical (unpaired) electrons. The maximum absolute atomic E-state index is 12.6. The first kappa shape index (κ1) is 15.6. The summed E-state index contributed by atoms with van der Waals surface area (Å²) in [4.78, 5) is 26.5. The van der Waals surface area contributed by atoms with Gasteiger partial charge in [0, 0.05) is 23.8 Å². The van der Waals surface area contributed by atoms with Gasteiger partial charge in [-0.3, -0.25) is 9.69 Å². The van der Waals surface area contributed by atoms with Crippen molar-refractivity contribution in [3.63, 3.8) is 0 Å². The SMILES string of the molecule is CC(C1CC1)N(C)C(=O)N(CC(=O)O)c1cccc(Cl)c1. The third-order valence-electron chi connectivity index (χ3n) is 3.86. The Balaban J connectivity index is 2.22. The van der Waals surface area contributed by atoms with Crippen molar-refractivity contribution >= 4 is 29.3 Å². The van der Waals surface area contributed by atoms with Crippen LogP contribution in [0, 0.1) is 5.92 Å². The van der Waals surface area contributed by atoms with Crippen LogP contribution in [0.3, 0.4) is 0 Å². The van der Waals surface area contributed by atoms with Crippen LogP contribution >= 0.6 is 11.6 Å². The second-order valence-corrected chi connectivity index (χ2v) is 5.87. The van der Waals surface area contributed by atoms with E-state index in [-0.39, 0.29) is 18.6 Å². The summed E-state index contributed by atoms with van der Waals surface area (Å²) >= 11 is 5.93. The first-order valence-electron chi connectivity index (χ1n) is 6.92. The van der Waals surface area contributed by atoms with E-state index in [1.807, 2.05) is 6.92 Å². The first-order chi connectivity index (χ1) is 9.90. The van der Waals surface area contributed by atoms with Gasteiger partial charge in [-0.2, -0.15) is 0 Å². The third kappa shape index (κ3) is 3.88. The van der Waals surface area contributed by atoms with Gasteiger partial charge in [-0.15, -0.1) is 0 Å². The highest BCUT2D eigenvalue weighted by Crippen LogP contribution is 2.35. The quantitative estimate of drug-likeness (QED) is 0.909. The van der Waals surface area contributed by atoms with Gasteiger partial charge in [0.2, 0.25) is 0 Å². The number of hydrogen-bond acceptors (Lipinski definition) is 2. The lowest BCUT2D eigenvalue weighted by atomic mass is 10.2. The monoisotopic (exact) mass is 310 g/mol. The fourth-order valence-corrected chi connectivity index (χ4v) is 2.49. The topological polar surface area (TPSA) is 60.9 Å². The molecular weight excluding hydrogens is 292 g/mol. The van der Waals surface area contributed by atoms with Crippen LogP contribution < -0.4 is 4.90 Å². The van der Waals surface area contributed by atoms with Crippen molar-refractivity contribution in [2.24, 2.45) is 5.92 Å². The van der Waals surface area contributed by atoms with Gasteiger partial charge in [0.25, 0.3) is 0 Å². The Morgan fingerprint density at radius 2 is 2.10 bits per heavy atom. The smallest absolute Gasteiger partial charge is 0.325 e. The van der Waals surface area contributed by atoms with Crippen LogP contribution in [0.1, 0.15) is 19.8 Å². The predicted molar refractivity (Wildman–Crippen MR) is 81.8 cm³/mol. The second-order valence-electron chi connectivity index (χ2n) is 5.43. The molecule has 114 valence electrons. The van der Waals surface area contributed by atoms with E-state index < -0.39 is 5.97 Å². The standard InChI is InChI=1S/C15H19ClN2O3/c1-10(11-6-7-11)17(2)15(21)18(9-14(19)20)13-5-3-4-12(16)8-13/h3-5,8,10-11H,6-7,9H2,1-2H3,(H,19,20). The van der Waals surface area contributed by atoms with Crippen molar-refractivity contribution in [1.82, 2.24) is 4.90 Å². The number of rotatable bonds is 5. The van der Waals surface area contributed by atoms with Gasteiger partial charge < -0.3 is 10.0 Å². The highest BCUT2D eigenvalue weighted by atomic mass is 35.5. The third-order valence-corrected chi connectivity index (χ3v) is 4.10. The molecule has 6 heteroatoms. The Morgan fingerprint density at radius 3 is 2.62 bits per heavy atom. The van der Waals surface area contributed by atoms with Gasteiger partial charge >= 0.3 is 12.0 Å². The van der Waals surface area contributed by atoms with Crippen molar-refractivity contribution < 1.29 is 14.7 Å². The van der Waals surface area contributed by atoms with Crippen molar-refractivity contribution in [3.8, 4) is 0 Å². The Kier molecular flexibility index (Phi) is 4.73. The van der Waals surface area contributed by atoms with Crippen LogP contribution in [0.2, 0.25) is 5.02 Å². The van der Waals surface area contributed by atoms with Crippen molar-refractivity contribution in [1.29, 1.82) is 0 Å². The number of anilines is 1. The van der Waals surface area contributed by atoms with E-state index in [9.17, 15) is 9.59 Å². The average molecular weight is 311 g/mol. The summed E-state index contributed by atoms with van der Waals surface area (Å²) in [7, 11) is 1.71. The van der Waals surface area contributed by atoms with Gasteiger partial charge in [-0.05, 0) is 43.9 Å². The lowest BCUT2D eigenvalue weighted by Crippen LogP contribution is -2.47. The van der Waals surface area contributed by atoms with E-state index in [0.717, 1.165) is 12.8 Å². The number of halogens is 1. The van der Waals surface area contributed by atoms with Gasteiger partial charge in [-0.25, -0.2) is 4.79 Å². The summed E-state index contributed by atoms with van der Waals surface area (Å²) in [6.45, 7) is 1.60. The Labute approximate surface area is 129 Å². The maximum atomic E-state index is 12.6. The normalized spacial score (nSPS) is 15.4. The Hall–Kier alpha value is -1.75. The van der Waals surface area contributed by atoms with Crippen molar-refractivity contribution in [2.75, 3.05) is 18.5 Å². The molecule has 1 N–H and O–H groups in total. The first-order valence-corrected chi connectivity index (χ1v) is 7.29. The molecule has 1 saturated carbocycles. The molecule has 1 aromatic rings. The summed E-state index contributed by atoms with van der Waals surface area (Å²) in [6.07, 6.45) is 2.24. The van der Waals surface area contributed by atoms with Gasteiger partial charge in [-0.1, -0.05) is 17.7 Å². The number of amides is 2. The van der Waals surface area contributed by atoms with Crippen LogP contribution in [0.15, 0.2) is 24.3 Å². The number of hydrogen-bond donors (Lipinski definition) is 1. The van der Waals surface area contributed by atoms with Crippen LogP contribution in [0.25, 0.3) is 0 Å². The molecule has 0 saturated heterocycles. The minimum atomic E-state index is -1.06. The molecule has 2 amide bonds. The molecule has 5 nitrogen and oxygen atoms in total. The lowest BCUT2D eigenvalue weighted by molar-refractivity contribution is -0.135. The summed E-state index contributed by atoms with van der Waals surface area (Å²) in [6, 6.07) is 6.45. The van der Waals surface area contributed by atoms with Crippen molar-refractivity contribution in [3.05, 3.63) is 29.3 Å². The second kappa shape index (κ2) is 6.35. The zero-order chi connectivity index (χ0) is 15.6. The number of carboxylic acid groups (broad SMARTS) is 1. The fourth-order valence-electron chi connectivity index (χ4n) is 2.31. The molecular formula is C15H19ClN2O3. The molecule has 1 fully saturated rings. The number of carboxylic acids is 1. The highest BCUT2D eigenvalue weighted by Gasteiger charge is 2.34. The van der Waals surface area contributed by atoms with Crippen LogP contribution in [0.5, 0.6) is 0 Å². The van der Waals surface area contributed by atoms with Crippen LogP contribution in [-0.2, 0) is 4.79 Å². The molecule has 0 heterocycles. The number of carbonyl (C=O) groups excluding carboxylic acids is 1. The molecule has 1 atom stereocenters. The van der Waals surface area contributed by atoms with E-state index in [2.05, 4.69) is 0 Å². The summed E-state index contributed by atoms with van der Waals surface area (Å²) in [5, 5.41) is 9.53. The van der Waals surface area contributed by atoms with E-state index >= 15 is 0 Å². The molecule has 1 aliphatic rings. The minimum Gasteiger partial charge on any atom is -0.480 e. The van der Waals surface area contributed by atoms with Gasteiger partial charge in [0.05, 0.1) is 0 Å². The molecule has 0 aliphatic heterocycles. The largest absolute Gasteiger partial charge is 0.480 e. The summed E-state index contributed by atoms with van der Waals surface area (Å²) in [5.41, 5.74) is 0.491. The van der Waals surface area contributed by atoms with E-state index in [1.165, 1.54) is 4.90 Å².